The molecule has 5 heteroatoms. The summed E-state index contributed by atoms with van der Waals surface area (Å²) in [6.45, 7) is 2.03. The number of rotatable bonds is 2. The zero-order valence-electron chi connectivity index (χ0n) is 10.1. The van der Waals surface area contributed by atoms with Crippen LogP contribution in [0, 0.1) is 18.3 Å². The molecule has 0 unspecified atom stereocenters. The number of nitrogens with zero attached hydrogens (tertiary/aromatic N) is 4. The molecule has 2 aromatic rings. The number of aryl methyl sites for hydroxylation is 1. The standard InChI is InChI=1S/C13H11BrN4/c1-9-3-4-10(14)5-12(9)18(2)13-6-11(7-15)16-8-17-13/h3-6,8H,1-2H3. The van der Waals surface area contributed by atoms with Crippen molar-refractivity contribution in [3.05, 3.63) is 46.3 Å². The smallest absolute Gasteiger partial charge is 0.145 e. The molecule has 1 aromatic carbocycles. The molecule has 4 nitrogen and oxygen atoms in total. The molecule has 2 rings (SSSR count). The lowest BCUT2D eigenvalue weighted by Crippen LogP contribution is -2.13. The molecule has 0 saturated carbocycles. The van der Waals surface area contributed by atoms with E-state index in [4.69, 9.17) is 5.26 Å². The van der Waals surface area contributed by atoms with E-state index in [0.717, 1.165) is 15.7 Å². The number of benzene rings is 1. The quantitative estimate of drug-likeness (QED) is 0.855. The first kappa shape index (κ1) is 12.5. The molecule has 0 aliphatic heterocycles. The number of aromatic nitrogens is 2. The fourth-order valence-electron chi connectivity index (χ4n) is 1.66. The lowest BCUT2D eigenvalue weighted by Gasteiger charge is -2.20. The van der Waals surface area contributed by atoms with Gasteiger partial charge in [0.05, 0.1) is 0 Å². The van der Waals surface area contributed by atoms with Crippen LogP contribution in [0.3, 0.4) is 0 Å². The van der Waals surface area contributed by atoms with Crippen molar-refractivity contribution in [1.29, 1.82) is 5.26 Å². The van der Waals surface area contributed by atoms with Gasteiger partial charge in [-0.15, -0.1) is 0 Å². The van der Waals surface area contributed by atoms with Gasteiger partial charge in [0.1, 0.15) is 23.9 Å². The Labute approximate surface area is 114 Å². The zero-order chi connectivity index (χ0) is 13.1. The summed E-state index contributed by atoms with van der Waals surface area (Å²) in [6.07, 6.45) is 1.40. The van der Waals surface area contributed by atoms with E-state index in [0.29, 0.717) is 11.5 Å². The first-order chi connectivity index (χ1) is 8.61. The van der Waals surface area contributed by atoms with Crippen molar-refractivity contribution in [3.63, 3.8) is 0 Å². The average Bonchev–Trinajstić information content (AvgIpc) is 2.41. The van der Waals surface area contributed by atoms with Gasteiger partial charge in [-0.05, 0) is 24.6 Å². The first-order valence-electron chi connectivity index (χ1n) is 5.34. The molecule has 1 aromatic heterocycles. The summed E-state index contributed by atoms with van der Waals surface area (Å²) in [5, 5.41) is 8.85. The molecule has 0 spiro atoms. The van der Waals surface area contributed by atoms with Crippen LogP contribution in [0.25, 0.3) is 0 Å². The topological polar surface area (TPSA) is 52.8 Å². The van der Waals surface area contributed by atoms with Crippen LogP contribution < -0.4 is 4.90 Å². The van der Waals surface area contributed by atoms with E-state index in [2.05, 4.69) is 25.9 Å². The van der Waals surface area contributed by atoms with Gasteiger partial charge >= 0.3 is 0 Å². The molecule has 0 saturated heterocycles. The van der Waals surface area contributed by atoms with E-state index in [-0.39, 0.29) is 0 Å². The molecular weight excluding hydrogens is 292 g/mol. The Hall–Kier alpha value is -1.93. The second kappa shape index (κ2) is 5.15. The summed E-state index contributed by atoms with van der Waals surface area (Å²) in [6, 6.07) is 9.72. The summed E-state index contributed by atoms with van der Waals surface area (Å²) < 4.78 is 1.00. The van der Waals surface area contributed by atoms with Crippen molar-refractivity contribution in [2.45, 2.75) is 6.92 Å². The zero-order valence-corrected chi connectivity index (χ0v) is 11.6. The summed E-state index contributed by atoms with van der Waals surface area (Å²) in [7, 11) is 1.91. The van der Waals surface area contributed by atoms with Gasteiger partial charge < -0.3 is 4.90 Å². The number of nitriles is 1. The molecule has 0 fully saturated rings. The molecule has 1 heterocycles. The summed E-state index contributed by atoms with van der Waals surface area (Å²) in [5.74, 6) is 0.697. The molecule has 18 heavy (non-hydrogen) atoms. The lowest BCUT2D eigenvalue weighted by atomic mass is 10.2. The van der Waals surface area contributed by atoms with Gasteiger partial charge in [-0.2, -0.15) is 5.26 Å². The van der Waals surface area contributed by atoms with E-state index in [9.17, 15) is 0 Å². The fraction of sp³-hybridized carbons (Fsp3) is 0.154. The summed E-state index contributed by atoms with van der Waals surface area (Å²) in [4.78, 5) is 9.98. The Kier molecular flexibility index (Phi) is 3.58. The highest BCUT2D eigenvalue weighted by Gasteiger charge is 2.09. The highest BCUT2D eigenvalue weighted by Crippen LogP contribution is 2.28. The van der Waals surface area contributed by atoms with Crippen LogP contribution in [0.4, 0.5) is 11.5 Å². The summed E-state index contributed by atoms with van der Waals surface area (Å²) >= 11 is 3.45. The molecule has 0 bridgehead atoms. The predicted molar refractivity (Wildman–Crippen MR) is 73.7 cm³/mol. The number of halogens is 1. The van der Waals surface area contributed by atoms with E-state index < -0.39 is 0 Å². The van der Waals surface area contributed by atoms with Crippen LogP contribution in [-0.2, 0) is 0 Å². The van der Waals surface area contributed by atoms with E-state index in [1.807, 2.05) is 43.1 Å². The van der Waals surface area contributed by atoms with Crippen molar-refractivity contribution in [2.75, 3.05) is 11.9 Å². The van der Waals surface area contributed by atoms with Gasteiger partial charge in [-0.3, -0.25) is 0 Å². The van der Waals surface area contributed by atoms with Crippen LogP contribution in [-0.4, -0.2) is 17.0 Å². The maximum atomic E-state index is 8.85. The van der Waals surface area contributed by atoms with Gasteiger partial charge in [-0.1, -0.05) is 22.0 Å². The Morgan fingerprint density at radius 3 is 2.78 bits per heavy atom. The third-order valence-electron chi connectivity index (χ3n) is 2.64. The molecular formula is C13H11BrN4. The van der Waals surface area contributed by atoms with Crippen LogP contribution in [0.5, 0.6) is 0 Å². The van der Waals surface area contributed by atoms with Gasteiger partial charge in [0.25, 0.3) is 0 Å². The molecule has 0 amide bonds. The van der Waals surface area contributed by atoms with E-state index >= 15 is 0 Å². The normalized spacial score (nSPS) is 9.89. The maximum Gasteiger partial charge on any atom is 0.145 e. The number of hydrogen-bond acceptors (Lipinski definition) is 4. The molecule has 0 aliphatic rings. The molecule has 0 aliphatic carbocycles. The SMILES string of the molecule is Cc1ccc(Br)cc1N(C)c1cc(C#N)ncn1. The minimum atomic E-state index is 0.361. The highest BCUT2D eigenvalue weighted by molar-refractivity contribution is 9.10. The van der Waals surface area contributed by atoms with Crippen LogP contribution >= 0.6 is 15.9 Å². The Bertz CT molecular complexity index is 619. The molecule has 0 radical (unpaired) electrons. The highest BCUT2D eigenvalue weighted by atomic mass is 79.9. The van der Waals surface area contributed by atoms with E-state index in [1.165, 1.54) is 6.33 Å². The van der Waals surface area contributed by atoms with Crippen LogP contribution in [0.15, 0.2) is 35.1 Å². The molecule has 90 valence electrons. The maximum absolute atomic E-state index is 8.85. The van der Waals surface area contributed by atoms with Crippen molar-refractivity contribution < 1.29 is 0 Å². The fourth-order valence-corrected chi connectivity index (χ4v) is 2.01. The Morgan fingerprint density at radius 2 is 2.06 bits per heavy atom. The Morgan fingerprint density at radius 1 is 1.28 bits per heavy atom. The third kappa shape index (κ3) is 2.49. The minimum absolute atomic E-state index is 0.361. The van der Waals surface area contributed by atoms with Crippen molar-refractivity contribution >= 4 is 27.4 Å². The number of hydrogen-bond donors (Lipinski definition) is 0. The average molecular weight is 303 g/mol. The Balaban J connectivity index is 2.44. The van der Waals surface area contributed by atoms with E-state index in [1.54, 1.807) is 6.07 Å². The predicted octanol–water partition coefficient (Wildman–Crippen LogP) is 3.19. The first-order valence-corrected chi connectivity index (χ1v) is 6.13. The summed E-state index contributed by atoms with van der Waals surface area (Å²) in [5.41, 5.74) is 2.53. The van der Waals surface area contributed by atoms with Gasteiger partial charge in [0.2, 0.25) is 0 Å². The van der Waals surface area contributed by atoms with Crippen LogP contribution in [0.1, 0.15) is 11.3 Å². The minimum Gasteiger partial charge on any atom is -0.329 e. The van der Waals surface area contributed by atoms with Crippen LogP contribution in [0.2, 0.25) is 0 Å². The van der Waals surface area contributed by atoms with Crippen molar-refractivity contribution in [3.8, 4) is 6.07 Å². The van der Waals surface area contributed by atoms with Gasteiger partial charge in [0.15, 0.2) is 0 Å². The molecule has 0 atom stereocenters. The van der Waals surface area contributed by atoms with Crippen molar-refractivity contribution in [1.82, 2.24) is 9.97 Å². The molecule has 0 N–H and O–H groups in total. The lowest BCUT2D eigenvalue weighted by molar-refractivity contribution is 1.06. The second-order valence-corrected chi connectivity index (χ2v) is 4.78. The van der Waals surface area contributed by atoms with Gasteiger partial charge in [-0.25, -0.2) is 9.97 Å². The third-order valence-corrected chi connectivity index (χ3v) is 3.14. The largest absolute Gasteiger partial charge is 0.329 e. The second-order valence-electron chi connectivity index (χ2n) is 3.86. The number of anilines is 2. The van der Waals surface area contributed by atoms with Crippen molar-refractivity contribution in [2.24, 2.45) is 0 Å². The monoisotopic (exact) mass is 302 g/mol. The van der Waals surface area contributed by atoms with Gasteiger partial charge in [0, 0.05) is 23.3 Å².